The van der Waals surface area contributed by atoms with Crippen molar-refractivity contribution in [3.63, 3.8) is 0 Å². The van der Waals surface area contributed by atoms with Crippen molar-refractivity contribution >= 4 is 16.5 Å². The van der Waals surface area contributed by atoms with Crippen molar-refractivity contribution in [2.24, 2.45) is 0 Å². The molecular formula is C9H22N2Si2. The smallest absolute Gasteiger partial charge is 0.112 e. The molecule has 0 aromatic carbocycles. The van der Waals surface area contributed by atoms with Gasteiger partial charge in [-0.25, -0.2) is 0 Å². The van der Waals surface area contributed by atoms with Crippen molar-refractivity contribution in [3.8, 4) is 6.07 Å². The van der Waals surface area contributed by atoms with Crippen molar-refractivity contribution in [3.05, 3.63) is 0 Å². The second kappa shape index (κ2) is 4.40. The highest BCUT2D eigenvalue weighted by Crippen LogP contribution is 2.19. The average Bonchev–Trinajstić information content (AvgIpc) is 1.81. The number of nitriles is 1. The highest BCUT2D eigenvalue weighted by Gasteiger charge is 2.33. The lowest BCUT2D eigenvalue weighted by atomic mass is 10.5. The van der Waals surface area contributed by atoms with Crippen LogP contribution in [0.15, 0.2) is 0 Å². The molecule has 0 aromatic rings. The average molecular weight is 214 g/mol. The number of nitrogens with zero attached hydrogens (tertiary/aromatic N) is 2. The van der Waals surface area contributed by atoms with E-state index in [4.69, 9.17) is 5.26 Å². The molecule has 0 aliphatic heterocycles. The SMILES string of the molecule is C[Si](C)(C)N(CCC#N)[Si](C)(C)C. The molecule has 0 aromatic heterocycles. The first kappa shape index (κ1) is 12.9. The molecule has 13 heavy (non-hydrogen) atoms. The fraction of sp³-hybridized carbons (Fsp3) is 0.889. The zero-order chi connectivity index (χ0) is 10.7. The van der Waals surface area contributed by atoms with Crippen LogP contribution in [0, 0.1) is 11.3 Å². The van der Waals surface area contributed by atoms with Crippen LogP contribution in [0.25, 0.3) is 0 Å². The first-order chi connectivity index (χ1) is 5.69. The number of hydrogen-bond donors (Lipinski definition) is 0. The van der Waals surface area contributed by atoms with Crippen LogP contribution in [0.1, 0.15) is 6.42 Å². The quantitative estimate of drug-likeness (QED) is 0.673. The molecule has 0 bridgehead atoms. The molecule has 0 atom stereocenters. The van der Waals surface area contributed by atoms with E-state index in [-0.39, 0.29) is 0 Å². The van der Waals surface area contributed by atoms with Crippen LogP contribution in [0.3, 0.4) is 0 Å². The highest BCUT2D eigenvalue weighted by molar-refractivity contribution is 6.89. The third-order valence-corrected chi connectivity index (χ3v) is 9.78. The van der Waals surface area contributed by atoms with Gasteiger partial charge in [0.05, 0.1) is 6.07 Å². The molecule has 0 aliphatic rings. The molecule has 0 fully saturated rings. The summed E-state index contributed by atoms with van der Waals surface area (Å²) in [4.78, 5) is 0. The predicted octanol–water partition coefficient (Wildman–Crippen LogP) is 2.87. The molecule has 76 valence electrons. The second-order valence-corrected chi connectivity index (χ2v) is 15.6. The molecule has 0 N–H and O–H groups in total. The van der Waals surface area contributed by atoms with Gasteiger partial charge in [0, 0.05) is 6.42 Å². The topological polar surface area (TPSA) is 27.0 Å². The lowest BCUT2D eigenvalue weighted by Crippen LogP contribution is -2.59. The summed E-state index contributed by atoms with van der Waals surface area (Å²) in [6.07, 6.45) is 0.675. The summed E-state index contributed by atoms with van der Waals surface area (Å²) in [5.41, 5.74) is 0. The molecule has 0 saturated heterocycles. The Labute approximate surface area is 84.7 Å². The Morgan fingerprint density at radius 3 is 1.62 bits per heavy atom. The van der Waals surface area contributed by atoms with Gasteiger partial charge in [0.25, 0.3) is 0 Å². The Kier molecular flexibility index (Phi) is 4.36. The van der Waals surface area contributed by atoms with Crippen LogP contribution in [0.2, 0.25) is 39.3 Å². The second-order valence-electron chi connectivity index (χ2n) is 5.40. The maximum Gasteiger partial charge on any atom is 0.112 e. The molecule has 2 nitrogen and oxygen atoms in total. The predicted molar refractivity (Wildman–Crippen MR) is 63.6 cm³/mol. The van der Waals surface area contributed by atoms with Gasteiger partial charge < -0.3 is 4.23 Å². The molecule has 0 heterocycles. The summed E-state index contributed by atoms with van der Waals surface area (Å²) in [6.45, 7) is 15.2. The minimum Gasteiger partial charge on any atom is -0.345 e. The molecule has 0 amide bonds. The number of hydrogen-bond acceptors (Lipinski definition) is 2. The van der Waals surface area contributed by atoms with E-state index in [1.165, 1.54) is 0 Å². The Balaban J connectivity index is 4.50. The first-order valence-electron chi connectivity index (χ1n) is 4.84. The summed E-state index contributed by atoms with van der Waals surface area (Å²) >= 11 is 0. The van der Waals surface area contributed by atoms with Crippen LogP contribution >= 0.6 is 0 Å². The fourth-order valence-corrected chi connectivity index (χ4v) is 11.5. The van der Waals surface area contributed by atoms with Crippen LogP contribution in [-0.4, -0.2) is 27.2 Å². The van der Waals surface area contributed by atoms with E-state index in [2.05, 4.69) is 49.6 Å². The van der Waals surface area contributed by atoms with Crippen molar-refractivity contribution in [2.75, 3.05) is 6.54 Å². The van der Waals surface area contributed by atoms with E-state index >= 15 is 0 Å². The van der Waals surface area contributed by atoms with E-state index < -0.39 is 16.5 Å². The standard InChI is InChI=1S/C9H22N2Si2/c1-12(2,3)11(9-7-8-10)13(4,5)6/h7,9H2,1-6H3. The van der Waals surface area contributed by atoms with Crippen LogP contribution in [0.5, 0.6) is 0 Å². The summed E-state index contributed by atoms with van der Waals surface area (Å²) < 4.78 is 2.64. The van der Waals surface area contributed by atoms with Crippen molar-refractivity contribution < 1.29 is 0 Å². The molecular weight excluding hydrogens is 192 g/mol. The summed E-state index contributed by atoms with van der Waals surface area (Å²) in [5, 5.41) is 8.60. The maximum atomic E-state index is 8.60. The molecule has 0 aliphatic carbocycles. The molecule has 0 saturated carbocycles. The third kappa shape index (κ3) is 4.60. The zero-order valence-corrected chi connectivity index (χ0v) is 11.8. The monoisotopic (exact) mass is 214 g/mol. The lowest BCUT2D eigenvalue weighted by molar-refractivity contribution is 0.623. The van der Waals surface area contributed by atoms with E-state index in [0.29, 0.717) is 6.42 Å². The summed E-state index contributed by atoms with van der Waals surface area (Å²) in [7, 11) is -2.43. The van der Waals surface area contributed by atoms with E-state index in [1.807, 2.05) is 0 Å². The van der Waals surface area contributed by atoms with Gasteiger partial charge in [0.2, 0.25) is 0 Å². The molecule has 0 unspecified atom stereocenters. The van der Waals surface area contributed by atoms with Crippen LogP contribution in [-0.2, 0) is 0 Å². The van der Waals surface area contributed by atoms with Crippen molar-refractivity contribution in [2.45, 2.75) is 45.7 Å². The van der Waals surface area contributed by atoms with Crippen LogP contribution < -0.4 is 0 Å². The minimum absolute atomic E-state index is 0.675. The largest absolute Gasteiger partial charge is 0.345 e. The zero-order valence-electron chi connectivity index (χ0n) is 9.81. The Morgan fingerprint density at radius 1 is 1.00 bits per heavy atom. The molecule has 4 heteroatoms. The Hall–Kier alpha value is -0.116. The van der Waals surface area contributed by atoms with E-state index in [0.717, 1.165) is 6.54 Å². The lowest BCUT2D eigenvalue weighted by Gasteiger charge is -2.43. The number of rotatable bonds is 4. The summed E-state index contributed by atoms with van der Waals surface area (Å²) in [6, 6.07) is 2.25. The Bertz CT molecular complexity index is 181. The van der Waals surface area contributed by atoms with Gasteiger partial charge in [-0.3, -0.25) is 0 Å². The van der Waals surface area contributed by atoms with Crippen molar-refractivity contribution in [1.29, 1.82) is 5.26 Å². The first-order valence-corrected chi connectivity index (χ1v) is 11.7. The maximum absolute atomic E-state index is 8.60. The van der Waals surface area contributed by atoms with Gasteiger partial charge in [-0.2, -0.15) is 5.26 Å². The van der Waals surface area contributed by atoms with Crippen molar-refractivity contribution in [1.82, 2.24) is 4.23 Å². The third-order valence-electron chi connectivity index (χ3n) is 2.07. The van der Waals surface area contributed by atoms with Gasteiger partial charge in [0.15, 0.2) is 0 Å². The molecule has 0 spiro atoms. The van der Waals surface area contributed by atoms with Gasteiger partial charge in [0.1, 0.15) is 16.5 Å². The fourth-order valence-electron chi connectivity index (χ4n) is 1.84. The Morgan fingerprint density at radius 2 is 1.38 bits per heavy atom. The molecule has 0 radical (unpaired) electrons. The molecule has 0 rings (SSSR count). The highest BCUT2D eigenvalue weighted by atomic mass is 28.4. The van der Waals surface area contributed by atoms with E-state index in [1.54, 1.807) is 0 Å². The summed E-state index contributed by atoms with van der Waals surface area (Å²) in [5.74, 6) is 0. The van der Waals surface area contributed by atoms with Gasteiger partial charge in [-0.1, -0.05) is 39.3 Å². The van der Waals surface area contributed by atoms with Crippen LogP contribution in [0.4, 0.5) is 0 Å². The van der Waals surface area contributed by atoms with Gasteiger partial charge in [-0.15, -0.1) is 0 Å². The normalized spacial score (nSPS) is 13.1. The van der Waals surface area contributed by atoms with E-state index in [9.17, 15) is 0 Å². The van der Waals surface area contributed by atoms with Gasteiger partial charge in [-0.05, 0) is 6.54 Å². The van der Waals surface area contributed by atoms with Gasteiger partial charge >= 0.3 is 0 Å². The minimum atomic E-state index is -1.22.